The van der Waals surface area contributed by atoms with E-state index in [9.17, 15) is 9.18 Å². The first-order chi connectivity index (χ1) is 13.0. The molecular weight excluding hydrogens is 345 g/mol. The summed E-state index contributed by atoms with van der Waals surface area (Å²) in [6.45, 7) is 2.76. The van der Waals surface area contributed by atoms with Crippen LogP contribution in [0, 0.1) is 5.82 Å². The molecule has 27 heavy (non-hydrogen) atoms. The topological polar surface area (TPSA) is 38.8 Å². The van der Waals surface area contributed by atoms with Crippen LogP contribution in [0.1, 0.15) is 22.8 Å². The van der Waals surface area contributed by atoms with Crippen molar-refractivity contribution in [3.8, 4) is 11.5 Å². The van der Waals surface area contributed by atoms with Crippen molar-refractivity contribution in [3.05, 3.63) is 71.5 Å². The van der Waals surface area contributed by atoms with Crippen LogP contribution in [0.5, 0.6) is 11.5 Å². The molecule has 0 unspecified atom stereocenters. The van der Waals surface area contributed by atoms with Crippen LogP contribution in [0.4, 0.5) is 4.39 Å². The molecule has 0 spiro atoms. The van der Waals surface area contributed by atoms with Gasteiger partial charge < -0.3 is 14.4 Å². The van der Waals surface area contributed by atoms with Gasteiger partial charge in [0.25, 0.3) is 5.91 Å². The minimum Gasteiger partial charge on any atom is -0.497 e. The van der Waals surface area contributed by atoms with Crippen molar-refractivity contribution in [2.45, 2.75) is 13.5 Å². The van der Waals surface area contributed by atoms with Crippen LogP contribution in [-0.2, 0) is 6.54 Å². The third kappa shape index (κ3) is 4.03. The predicted molar refractivity (Wildman–Crippen MR) is 104 cm³/mol. The van der Waals surface area contributed by atoms with Gasteiger partial charge in [-0.3, -0.25) is 4.79 Å². The molecule has 3 aromatic rings. The maximum atomic E-state index is 13.9. The quantitative estimate of drug-likeness (QED) is 0.636. The minimum absolute atomic E-state index is 0.0913. The van der Waals surface area contributed by atoms with E-state index in [4.69, 9.17) is 9.47 Å². The Kier molecular flexibility index (Phi) is 5.60. The highest BCUT2D eigenvalue weighted by Crippen LogP contribution is 2.23. The van der Waals surface area contributed by atoms with Gasteiger partial charge in [0.1, 0.15) is 5.75 Å². The summed E-state index contributed by atoms with van der Waals surface area (Å²) in [6.07, 6.45) is 0. The highest BCUT2D eigenvalue weighted by atomic mass is 19.1. The monoisotopic (exact) mass is 367 g/mol. The van der Waals surface area contributed by atoms with Crippen LogP contribution < -0.4 is 9.47 Å². The Bertz CT molecular complexity index is 971. The molecule has 5 heteroatoms. The number of fused-ring (bicyclic) bond motifs is 1. The molecule has 0 fully saturated rings. The number of amides is 1. The molecule has 0 bridgehead atoms. The van der Waals surface area contributed by atoms with E-state index in [0.29, 0.717) is 24.2 Å². The number of nitrogens with zero attached hydrogens (tertiary/aromatic N) is 1. The Hall–Kier alpha value is -3.08. The first-order valence-corrected chi connectivity index (χ1v) is 8.75. The molecule has 0 atom stereocenters. The van der Waals surface area contributed by atoms with Gasteiger partial charge in [-0.2, -0.15) is 0 Å². The van der Waals surface area contributed by atoms with Gasteiger partial charge >= 0.3 is 0 Å². The summed E-state index contributed by atoms with van der Waals surface area (Å²) in [7, 11) is 3.05. The standard InChI is InChI=1S/C22H22FNO3/c1-4-24(14-15-5-10-21(27-3)20(23)11-15)22(25)18-7-6-17-13-19(26-2)9-8-16(17)12-18/h5-13H,4,14H2,1-3H3. The summed E-state index contributed by atoms with van der Waals surface area (Å²) >= 11 is 0. The van der Waals surface area contributed by atoms with E-state index in [0.717, 1.165) is 16.5 Å². The Morgan fingerprint density at radius 1 is 0.963 bits per heavy atom. The molecule has 3 rings (SSSR count). The van der Waals surface area contributed by atoms with Crippen molar-refractivity contribution in [1.82, 2.24) is 4.90 Å². The number of carbonyl (C=O) groups excluding carboxylic acids is 1. The van der Waals surface area contributed by atoms with Crippen molar-refractivity contribution < 1.29 is 18.7 Å². The number of hydrogen-bond donors (Lipinski definition) is 0. The van der Waals surface area contributed by atoms with E-state index in [2.05, 4.69) is 0 Å². The number of rotatable bonds is 6. The van der Waals surface area contributed by atoms with Crippen LogP contribution in [0.15, 0.2) is 54.6 Å². The summed E-state index contributed by atoms with van der Waals surface area (Å²) < 4.78 is 24.1. The average molecular weight is 367 g/mol. The zero-order chi connectivity index (χ0) is 19.4. The summed E-state index contributed by atoms with van der Waals surface area (Å²) in [5.74, 6) is 0.445. The Balaban J connectivity index is 1.83. The van der Waals surface area contributed by atoms with Gasteiger partial charge in [-0.05, 0) is 59.7 Å². The molecule has 4 nitrogen and oxygen atoms in total. The van der Waals surface area contributed by atoms with Crippen molar-refractivity contribution in [2.24, 2.45) is 0 Å². The second-order valence-electron chi connectivity index (χ2n) is 6.22. The molecule has 1 amide bonds. The number of carbonyl (C=O) groups is 1. The Morgan fingerprint density at radius 2 is 1.70 bits per heavy atom. The zero-order valence-corrected chi connectivity index (χ0v) is 15.7. The van der Waals surface area contributed by atoms with E-state index in [-0.39, 0.29) is 11.7 Å². The van der Waals surface area contributed by atoms with Gasteiger partial charge in [-0.25, -0.2) is 4.39 Å². The molecule has 0 aromatic heterocycles. The van der Waals surface area contributed by atoms with Gasteiger partial charge in [-0.15, -0.1) is 0 Å². The van der Waals surface area contributed by atoms with Crippen molar-refractivity contribution >= 4 is 16.7 Å². The number of hydrogen-bond acceptors (Lipinski definition) is 3. The molecule has 0 radical (unpaired) electrons. The van der Waals surface area contributed by atoms with Crippen molar-refractivity contribution in [1.29, 1.82) is 0 Å². The number of ether oxygens (including phenoxy) is 2. The lowest BCUT2D eigenvalue weighted by Gasteiger charge is -2.21. The summed E-state index contributed by atoms with van der Waals surface area (Å²) in [6, 6.07) is 16.1. The smallest absolute Gasteiger partial charge is 0.254 e. The minimum atomic E-state index is -0.432. The fraction of sp³-hybridized carbons (Fsp3) is 0.227. The zero-order valence-electron chi connectivity index (χ0n) is 15.7. The highest BCUT2D eigenvalue weighted by molar-refractivity contribution is 5.98. The Morgan fingerprint density at radius 3 is 2.37 bits per heavy atom. The number of halogens is 1. The molecule has 0 saturated carbocycles. The fourth-order valence-electron chi connectivity index (χ4n) is 3.02. The first-order valence-electron chi connectivity index (χ1n) is 8.75. The van der Waals surface area contributed by atoms with Gasteiger partial charge in [0.15, 0.2) is 11.6 Å². The second-order valence-corrected chi connectivity index (χ2v) is 6.22. The third-order valence-electron chi connectivity index (χ3n) is 4.55. The normalized spacial score (nSPS) is 10.7. The van der Waals surface area contributed by atoms with Gasteiger partial charge in [0, 0.05) is 18.7 Å². The largest absolute Gasteiger partial charge is 0.497 e. The molecule has 0 aliphatic heterocycles. The van der Waals surface area contributed by atoms with Gasteiger partial charge in [-0.1, -0.05) is 18.2 Å². The van der Waals surface area contributed by atoms with Crippen molar-refractivity contribution in [2.75, 3.05) is 20.8 Å². The molecule has 0 aliphatic carbocycles. The van der Waals surface area contributed by atoms with Crippen LogP contribution in [-0.4, -0.2) is 31.6 Å². The predicted octanol–water partition coefficient (Wildman–Crippen LogP) is 4.66. The lowest BCUT2D eigenvalue weighted by Crippen LogP contribution is -2.30. The van der Waals surface area contributed by atoms with Gasteiger partial charge in [0.2, 0.25) is 0 Å². The molecule has 0 aliphatic rings. The second kappa shape index (κ2) is 8.08. The van der Waals surface area contributed by atoms with Crippen LogP contribution >= 0.6 is 0 Å². The average Bonchev–Trinajstić information content (AvgIpc) is 2.70. The van der Waals surface area contributed by atoms with Crippen LogP contribution in [0.25, 0.3) is 10.8 Å². The lowest BCUT2D eigenvalue weighted by molar-refractivity contribution is 0.0752. The van der Waals surface area contributed by atoms with E-state index in [1.807, 2.05) is 37.3 Å². The number of methoxy groups -OCH3 is 2. The summed E-state index contributed by atoms with van der Waals surface area (Å²) in [4.78, 5) is 14.6. The molecule has 3 aromatic carbocycles. The maximum Gasteiger partial charge on any atom is 0.254 e. The highest BCUT2D eigenvalue weighted by Gasteiger charge is 2.16. The molecular formula is C22H22FNO3. The van der Waals surface area contributed by atoms with E-state index in [1.165, 1.54) is 13.2 Å². The fourth-order valence-corrected chi connectivity index (χ4v) is 3.02. The molecule has 0 heterocycles. The maximum absolute atomic E-state index is 13.9. The molecule has 140 valence electrons. The number of benzene rings is 3. The van der Waals surface area contributed by atoms with Crippen LogP contribution in [0.2, 0.25) is 0 Å². The first kappa shape index (κ1) is 18.7. The van der Waals surface area contributed by atoms with E-state index >= 15 is 0 Å². The SMILES string of the molecule is CCN(Cc1ccc(OC)c(F)c1)C(=O)c1ccc2cc(OC)ccc2c1. The third-order valence-corrected chi connectivity index (χ3v) is 4.55. The molecule has 0 saturated heterocycles. The van der Waals surface area contributed by atoms with E-state index < -0.39 is 5.82 Å². The summed E-state index contributed by atoms with van der Waals surface area (Å²) in [5, 5.41) is 1.97. The lowest BCUT2D eigenvalue weighted by atomic mass is 10.1. The molecule has 0 N–H and O–H groups in total. The van der Waals surface area contributed by atoms with E-state index in [1.54, 1.807) is 30.2 Å². The van der Waals surface area contributed by atoms with Crippen LogP contribution in [0.3, 0.4) is 0 Å². The Labute approximate surface area is 158 Å². The van der Waals surface area contributed by atoms with Crippen molar-refractivity contribution in [3.63, 3.8) is 0 Å². The summed E-state index contributed by atoms with van der Waals surface area (Å²) in [5.41, 5.74) is 1.32. The van der Waals surface area contributed by atoms with Gasteiger partial charge in [0.05, 0.1) is 14.2 Å².